The van der Waals surface area contributed by atoms with Gasteiger partial charge >= 0.3 is 0 Å². The van der Waals surface area contributed by atoms with E-state index in [0.717, 1.165) is 17.5 Å². The number of fused-ring (bicyclic) bond motifs is 1. The summed E-state index contributed by atoms with van der Waals surface area (Å²) >= 11 is 1.33. The van der Waals surface area contributed by atoms with E-state index in [1.165, 1.54) is 11.3 Å². The maximum absolute atomic E-state index is 12.1. The number of aliphatic hydroxyl groups excluding tert-OH is 1. The van der Waals surface area contributed by atoms with Crippen molar-refractivity contribution in [3.8, 4) is 0 Å². The van der Waals surface area contributed by atoms with E-state index in [4.69, 9.17) is 5.73 Å². The Morgan fingerprint density at radius 2 is 2.39 bits per heavy atom. The predicted octanol–water partition coefficient (Wildman–Crippen LogP) is 1.13. The molecule has 5 nitrogen and oxygen atoms in total. The molecule has 0 spiro atoms. The summed E-state index contributed by atoms with van der Waals surface area (Å²) in [6.07, 6.45) is 3.29. The zero-order valence-electron chi connectivity index (χ0n) is 9.64. The van der Waals surface area contributed by atoms with Crippen LogP contribution < -0.4 is 11.1 Å². The van der Waals surface area contributed by atoms with Crippen molar-refractivity contribution in [1.82, 2.24) is 10.3 Å². The maximum Gasteiger partial charge on any atom is 0.264 e. The lowest BCUT2D eigenvalue weighted by molar-refractivity contribution is 0.0912. The lowest BCUT2D eigenvalue weighted by atomic mass is 10.2. The number of carbonyl (C=O) groups excluding carboxylic acids is 1. The number of pyridine rings is 1. The van der Waals surface area contributed by atoms with Gasteiger partial charge in [0.05, 0.1) is 22.5 Å². The second-order valence-corrected chi connectivity index (χ2v) is 5.64. The summed E-state index contributed by atoms with van der Waals surface area (Å²) in [6.45, 7) is -0.0260. The van der Waals surface area contributed by atoms with E-state index in [1.807, 2.05) is 12.1 Å². The van der Waals surface area contributed by atoms with Gasteiger partial charge in [-0.1, -0.05) is 0 Å². The Morgan fingerprint density at radius 1 is 1.61 bits per heavy atom. The van der Waals surface area contributed by atoms with E-state index in [1.54, 1.807) is 6.20 Å². The lowest BCUT2D eigenvalue weighted by Gasteiger charge is -2.13. The smallest absolute Gasteiger partial charge is 0.264 e. The summed E-state index contributed by atoms with van der Waals surface area (Å²) in [5.74, 6) is -0.220. The van der Waals surface area contributed by atoms with Crippen LogP contribution in [0.1, 0.15) is 22.5 Å². The largest absolute Gasteiger partial charge is 0.396 e. The minimum Gasteiger partial charge on any atom is -0.396 e. The Hall–Kier alpha value is -1.66. The Bertz CT molecular complexity index is 619. The van der Waals surface area contributed by atoms with Gasteiger partial charge < -0.3 is 16.2 Å². The van der Waals surface area contributed by atoms with Gasteiger partial charge in [-0.3, -0.25) is 9.78 Å². The van der Waals surface area contributed by atoms with Crippen molar-refractivity contribution in [3.63, 3.8) is 0 Å². The van der Waals surface area contributed by atoms with Gasteiger partial charge in [0.15, 0.2) is 0 Å². The monoisotopic (exact) mass is 263 g/mol. The molecule has 1 fully saturated rings. The van der Waals surface area contributed by atoms with E-state index >= 15 is 0 Å². The highest BCUT2D eigenvalue weighted by Crippen LogP contribution is 2.37. The predicted molar refractivity (Wildman–Crippen MR) is 70.5 cm³/mol. The third kappa shape index (κ3) is 1.74. The highest BCUT2D eigenvalue weighted by molar-refractivity contribution is 7.21. The molecular formula is C12H13N3O2S. The van der Waals surface area contributed by atoms with Gasteiger partial charge in [-0.15, -0.1) is 11.3 Å². The standard InChI is InChI=1S/C12H13N3O2S/c13-8-9-7(2-1-5-14-9)18-10(8)11(17)15-12(6-16)3-4-12/h1-2,5,16H,3-4,6,13H2,(H,15,17). The van der Waals surface area contributed by atoms with Gasteiger partial charge in [0.1, 0.15) is 10.4 Å². The van der Waals surface area contributed by atoms with Crippen LogP contribution in [0.5, 0.6) is 0 Å². The quantitative estimate of drug-likeness (QED) is 0.774. The third-order valence-electron chi connectivity index (χ3n) is 3.22. The Morgan fingerprint density at radius 3 is 3.00 bits per heavy atom. The molecule has 4 N–H and O–H groups in total. The average Bonchev–Trinajstić information content (AvgIpc) is 3.08. The number of hydrogen-bond donors (Lipinski definition) is 3. The number of nitrogens with one attached hydrogen (secondary N) is 1. The first-order chi connectivity index (χ1) is 8.65. The maximum atomic E-state index is 12.1. The van der Waals surface area contributed by atoms with Crippen molar-refractivity contribution >= 4 is 33.1 Å². The molecule has 0 bridgehead atoms. The molecule has 3 rings (SSSR count). The van der Waals surface area contributed by atoms with Crippen molar-refractivity contribution in [1.29, 1.82) is 0 Å². The van der Waals surface area contributed by atoms with Crippen molar-refractivity contribution in [2.75, 3.05) is 12.3 Å². The van der Waals surface area contributed by atoms with Crippen LogP contribution >= 0.6 is 11.3 Å². The summed E-state index contributed by atoms with van der Waals surface area (Å²) in [4.78, 5) is 16.8. The Balaban J connectivity index is 1.94. The summed E-state index contributed by atoms with van der Waals surface area (Å²) in [5, 5.41) is 12.1. The fourth-order valence-electron chi connectivity index (χ4n) is 1.89. The molecule has 1 saturated carbocycles. The molecular weight excluding hydrogens is 250 g/mol. The van der Waals surface area contributed by atoms with E-state index in [2.05, 4.69) is 10.3 Å². The molecule has 2 heterocycles. The number of rotatable bonds is 3. The number of nitrogen functional groups attached to an aromatic ring is 1. The zero-order chi connectivity index (χ0) is 12.8. The number of anilines is 1. The van der Waals surface area contributed by atoms with Gasteiger partial charge in [-0.2, -0.15) is 0 Å². The molecule has 2 aromatic rings. The van der Waals surface area contributed by atoms with Crippen LogP contribution in [0.15, 0.2) is 18.3 Å². The molecule has 0 aliphatic heterocycles. The average molecular weight is 263 g/mol. The first-order valence-corrected chi connectivity index (χ1v) is 6.53. The molecule has 0 aromatic carbocycles. The molecule has 1 aliphatic rings. The second kappa shape index (κ2) is 3.93. The van der Waals surface area contributed by atoms with Crippen molar-refractivity contribution < 1.29 is 9.90 Å². The van der Waals surface area contributed by atoms with Crippen molar-refractivity contribution in [3.05, 3.63) is 23.2 Å². The van der Waals surface area contributed by atoms with Gasteiger partial charge in [0.25, 0.3) is 5.91 Å². The summed E-state index contributed by atoms with van der Waals surface area (Å²) < 4.78 is 0.897. The van der Waals surface area contributed by atoms with Crippen LogP contribution in [0.4, 0.5) is 5.69 Å². The van der Waals surface area contributed by atoms with Crippen LogP contribution in [-0.4, -0.2) is 28.1 Å². The molecule has 6 heteroatoms. The molecule has 0 saturated heterocycles. The fourth-order valence-corrected chi connectivity index (χ4v) is 2.86. The number of aromatic nitrogens is 1. The SMILES string of the molecule is Nc1c(C(=O)NC2(CO)CC2)sc2cccnc12. The minimum absolute atomic E-state index is 0.0260. The van der Waals surface area contributed by atoms with Gasteiger partial charge in [-0.25, -0.2) is 0 Å². The number of thiophene rings is 1. The molecule has 1 amide bonds. The summed E-state index contributed by atoms with van der Waals surface area (Å²) in [5.41, 5.74) is 6.61. The molecule has 2 aromatic heterocycles. The molecule has 0 atom stereocenters. The first-order valence-electron chi connectivity index (χ1n) is 5.72. The van der Waals surface area contributed by atoms with Crippen LogP contribution in [0.25, 0.3) is 10.2 Å². The van der Waals surface area contributed by atoms with E-state index in [0.29, 0.717) is 16.1 Å². The van der Waals surface area contributed by atoms with E-state index in [-0.39, 0.29) is 12.5 Å². The van der Waals surface area contributed by atoms with Crippen molar-refractivity contribution in [2.24, 2.45) is 0 Å². The van der Waals surface area contributed by atoms with Crippen LogP contribution in [0.3, 0.4) is 0 Å². The third-order valence-corrected chi connectivity index (χ3v) is 4.38. The van der Waals surface area contributed by atoms with Gasteiger partial charge in [-0.05, 0) is 25.0 Å². The van der Waals surface area contributed by atoms with Crippen LogP contribution in [0.2, 0.25) is 0 Å². The fraction of sp³-hybridized carbons (Fsp3) is 0.333. The minimum atomic E-state index is -0.423. The molecule has 1 aliphatic carbocycles. The van der Waals surface area contributed by atoms with E-state index in [9.17, 15) is 9.90 Å². The second-order valence-electron chi connectivity index (χ2n) is 4.59. The van der Waals surface area contributed by atoms with Gasteiger partial charge in [0, 0.05) is 6.20 Å². The Labute approximate surface area is 108 Å². The number of nitrogens with zero attached hydrogens (tertiary/aromatic N) is 1. The van der Waals surface area contributed by atoms with Crippen LogP contribution in [-0.2, 0) is 0 Å². The number of aliphatic hydroxyl groups is 1. The first kappa shape index (κ1) is 11.4. The molecule has 0 unspecified atom stereocenters. The number of nitrogens with two attached hydrogens (primary N) is 1. The highest BCUT2D eigenvalue weighted by atomic mass is 32.1. The Kier molecular flexibility index (Phi) is 2.49. The number of amides is 1. The highest BCUT2D eigenvalue weighted by Gasteiger charge is 2.44. The molecule has 94 valence electrons. The van der Waals surface area contributed by atoms with Crippen molar-refractivity contribution in [2.45, 2.75) is 18.4 Å². The number of hydrogen-bond acceptors (Lipinski definition) is 5. The summed E-state index contributed by atoms with van der Waals surface area (Å²) in [7, 11) is 0. The van der Waals surface area contributed by atoms with Gasteiger partial charge in [0.2, 0.25) is 0 Å². The van der Waals surface area contributed by atoms with Crippen LogP contribution in [0, 0.1) is 0 Å². The topological polar surface area (TPSA) is 88.2 Å². The lowest BCUT2D eigenvalue weighted by Crippen LogP contribution is -2.39. The zero-order valence-corrected chi connectivity index (χ0v) is 10.5. The molecule has 0 radical (unpaired) electrons. The van der Waals surface area contributed by atoms with E-state index < -0.39 is 5.54 Å². The summed E-state index contributed by atoms with van der Waals surface area (Å²) in [6, 6.07) is 3.70. The number of carbonyl (C=O) groups is 1. The normalized spacial score (nSPS) is 16.7. The molecule has 18 heavy (non-hydrogen) atoms.